The molecule has 0 radical (unpaired) electrons. The third-order valence-corrected chi connectivity index (χ3v) is 5.51. The maximum Gasteiger partial charge on any atom is 0.263 e. The number of carbonyl (C=O) groups is 1. The number of fused-ring (bicyclic) bond motifs is 2. The molecule has 0 bridgehead atoms. The predicted molar refractivity (Wildman–Crippen MR) is 97.6 cm³/mol. The number of ether oxygens (including phenoxy) is 1. The number of nitrogens with zero attached hydrogens (tertiary/aromatic N) is 1. The van der Waals surface area contributed by atoms with Crippen LogP contribution in [0, 0.1) is 6.92 Å². The third kappa shape index (κ3) is 2.72. The van der Waals surface area contributed by atoms with Crippen LogP contribution >= 0.6 is 11.3 Å². The van der Waals surface area contributed by atoms with Crippen LogP contribution in [0.5, 0.6) is 0 Å². The fourth-order valence-corrected chi connectivity index (χ4v) is 4.07. The Bertz CT molecular complexity index is 929. The highest BCUT2D eigenvalue weighted by Gasteiger charge is 2.20. The van der Waals surface area contributed by atoms with Crippen LogP contribution in [-0.2, 0) is 4.74 Å². The maximum absolute atomic E-state index is 12.5. The Morgan fingerprint density at radius 3 is 3.12 bits per heavy atom. The van der Waals surface area contributed by atoms with Crippen molar-refractivity contribution in [3.05, 3.63) is 34.7 Å². The number of benzene rings is 1. The first-order valence-corrected chi connectivity index (χ1v) is 8.92. The Morgan fingerprint density at radius 2 is 2.33 bits per heavy atom. The van der Waals surface area contributed by atoms with Crippen molar-refractivity contribution in [2.45, 2.75) is 25.9 Å². The lowest BCUT2D eigenvalue weighted by molar-refractivity contribution is 0.0862. The van der Waals surface area contributed by atoms with Gasteiger partial charge in [-0.2, -0.15) is 0 Å². The van der Waals surface area contributed by atoms with Gasteiger partial charge in [-0.25, -0.2) is 4.98 Å². The van der Waals surface area contributed by atoms with E-state index < -0.39 is 0 Å². The molecule has 6 heteroatoms. The van der Waals surface area contributed by atoms with E-state index >= 15 is 0 Å². The molecule has 4 rings (SSSR count). The number of amides is 1. The molecule has 3 aromatic rings. The van der Waals surface area contributed by atoms with Gasteiger partial charge < -0.3 is 15.8 Å². The van der Waals surface area contributed by atoms with Gasteiger partial charge in [0.2, 0.25) is 0 Å². The average Bonchev–Trinajstić information content (AvgIpc) is 3.19. The highest BCUT2D eigenvalue weighted by molar-refractivity contribution is 7.21. The Morgan fingerprint density at radius 1 is 1.46 bits per heavy atom. The lowest BCUT2D eigenvalue weighted by Gasteiger charge is -2.10. The largest absolute Gasteiger partial charge is 0.397 e. The lowest BCUT2D eigenvalue weighted by Crippen LogP contribution is -2.31. The Hall–Kier alpha value is -2.18. The zero-order valence-corrected chi connectivity index (χ0v) is 14.3. The van der Waals surface area contributed by atoms with Gasteiger partial charge in [-0.15, -0.1) is 11.3 Å². The van der Waals surface area contributed by atoms with Gasteiger partial charge in [-0.05, 0) is 37.5 Å². The molecule has 1 amide bonds. The summed E-state index contributed by atoms with van der Waals surface area (Å²) in [6, 6.07) is 8.14. The van der Waals surface area contributed by atoms with Crippen molar-refractivity contribution >= 4 is 44.1 Å². The van der Waals surface area contributed by atoms with Crippen LogP contribution in [0.3, 0.4) is 0 Å². The lowest BCUT2D eigenvalue weighted by atomic mass is 10.1. The summed E-state index contributed by atoms with van der Waals surface area (Å²) in [5.41, 5.74) is 8.82. The molecule has 1 aromatic carbocycles. The predicted octanol–water partition coefficient (Wildman–Crippen LogP) is 3.25. The summed E-state index contributed by atoms with van der Waals surface area (Å²) in [5.74, 6) is -0.147. The molecular weight excluding hydrogens is 322 g/mol. The molecule has 5 nitrogen and oxygen atoms in total. The summed E-state index contributed by atoms with van der Waals surface area (Å²) in [5, 5.41) is 4.81. The fraction of sp³-hybridized carbons (Fsp3) is 0.333. The fourth-order valence-electron chi connectivity index (χ4n) is 3.06. The van der Waals surface area contributed by atoms with Gasteiger partial charge in [-0.1, -0.05) is 12.1 Å². The molecule has 1 atom stereocenters. The van der Waals surface area contributed by atoms with Gasteiger partial charge in [0.25, 0.3) is 5.91 Å². The topological polar surface area (TPSA) is 77.2 Å². The van der Waals surface area contributed by atoms with E-state index in [1.807, 2.05) is 31.2 Å². The van der Waals surface area contributed by atoms with E-state index in [0.717, 1.165) is 46.1 Å². The van der Waals surface area contributed by atoms with Crippen molar-refractivity contribution in [2.75, 3.05) is 18.9 Å². The van der Waals surface area contributed by atoms with Crippen LogP contribution in [0.25, 0.3) is 21.1 Å². The van der Waals surface area contributed by atoms with E-state index in [4.69, 9.17) is 10.5 Å². The van der Waals surface area contributed by atoms with E-state index in [1.165, 1.54) is 11.3 Å². The monoisotopic (exact) mass is 341 g/mol. The van der Waals surface area contributed by atoms with Crippen molar-refractivity contribution < 1.29 is 9.53 Å². The summed E-state index contributed by atoms with van der Waals surface area (Å²) in [7, 11) is 0. The minimum absolute atomic E-state index is 0.119. The second-order valence-corrected chi connectivity index (χ2v) is 7.23. The Labute approximate surface area is 143 Å². The Kier molecular flexibility index (Phi) is 3.86. The SMILES string of the molecule is Cc1ccc2cc3c(N)c(C(=O)NCC4CCCO4)sc3nc2c1. The molecule has 0 aliphatic carbocycles. The van der Waals surface area contributed by atoms with Crippen LogP contribution in [0.2, 0.25) is 0 Å². The van der Waals surface area contributed by atoms with E-state index in [9.17, 15) is 4.79 Å². The molecule has 3 heterocycles. The number of rotatable bonds is 3. The van der Waals surface area contributed by atoms with Crippen LogP contribution in [-0.4, -0.2) is 30.1 Å². The molecule has 1 aliphatic heterocycles. The number of hydrogen-bond acceptors (Lipinski definition) is 5. The van der Waals surface area contributed by atoms with Crippen molar-refractivity contribution in [1.82, 2.24) is 10.3 Å². The zero-order chi connectivity index (χ0) is 16.7. The van der Waals surface area contributed by atoms with Crippen molar-refractivity contribution in [2.24, 2.45) is 0 Å². The molecule has 3 N–H and O–H groups in total. The van der Waals surface area contributed by atoms with Crippen LogP contribution in [0.4, 0.5) is 5.69 Å². The molecule has 0 spiro atoms. The van der Waals surface area contributed by atoms with Gasteiger partial charge in [-0.3, -0.25) is 4.79 Å². The summed E-state index contributed by atoms with van der Waals surface area (Å²) in [6.45, 7) is 3.35. The second kappa shape index (κ2) is 6.03. The van der Waals surface area contributed by atoms with E-state index in [1.54, 1.807) is 0 Å². The highest BCUT2D eigenvalue weighted by Crippen LogP contribution is 2.34. The van der Waals surface area contributed by atoms with Gasteiger partial charge in [0.15, 0.2) is 0 Å². The highest BCUT2D eigenvalue weighted by atomic mass is 32.1. The number of aryl methyl sites for hydroxylation is 1. The van der Waals surface area contributed by atoms with Gasteiger partial charge in [0.1, 0.15) is 9.71 Å². The number of carbonyl (C=O) groups excluding carboxylic acids is 1. The number of nitrogen functional groups attached to an aromatic ring is 1. The first kappa shape index (κ1) is 15.4. The van der Waals surface area contributed by atoms with E-state index in [2.05, 4.69) is 10.3 Å². The number of nitrogens with one attached hydrogen (secondary N) is 1. The summed E-state index contributed by atoms with van der Waals surface area (Å²) < 4.78 is 5.54. The number of pyridine rings is 1. The number of anilines is 1. The molecule has 1 saturated heterocycles. The van der Waals surface area contributed by atoms with Crippen molar-refractivity contribution in [1.29, 1.82) is 0 Å². The average molecular weight is 341 g/mol. The standard InChI is InChI=1S/C18H19N3O2S/c1-10-4-5-11-8-13-15(19)16(24-18(13)21-14(11)7-10)17(22)20-9-12-3-2-6-23-12/h4-5,7-8,12H,2-3,6,9,19H2,1H3,(H,20,22). The molecule has 1 aliphatic rings. The first-order chi connectivity index (χ1) is 11.6. The minimum Gasteiger partial charge on any atom is -0.397 e. The summed E-state index contributed by atoms with van der Waals surface area (Å²) in [6.07, 6.45) is 2.17. The van der Waals surface area contributed by atoms with Crippen LogP contribution < -0.4 is 11.1 Å². The van der Waals surface area contributed by atoms with Crippen molar-refractivity contribution in [3.8, 4) is 0 Å². The molecule has 1 unspecified atom stereocenters. The number of thiophene rings is 1. The molecular formula is C18H19N3O2S. The second-order valence-electron chi connectivity index (χ2n) is 6.23. The minimum atomic E-state index is -0.147. The van der Waals surface area contributed by atoms with Gasteiger partial charge in [0.05, 0.1) is 17.3 Å². The summed E-state index contributed by atoms with van der Waals surface area (Å²) in [4.78, 5) is 18.5. The normalized spacial score (nSPS) is 17.6. The van der Waals surface area contributed by atoms with Gasteiger partial charge >= 0.3 is 0 Å². The molecule has 1 fully saturated rings. The first-order valence-electron chi connectivity index (χ1n) is 8.11. The number of hydrogen-bond donors (Lipinski definition) is 2. The van der Waals surface area contributed by atoms with E-state index in [0.29, 0.717) is 17.1 Å². The smallest absolute Gasteiger partial charge is 0.263 e. The van der Waals surface area contributed by atoms with Crippen molar-refractivity contribution in [3.63, 3.8) is 0 Å². The summed E-state index contributed by atoms with van der Waals surface area (Å²) >= 11 is 1.35. The van der Waals surface area contributed by atoms with Gasteiger partial charge in [0, 0.05) is 23.9 Å². The van der Waals surface area contributed by atoms with Crippen LogP contribution in [0.1, 0.15) is 28.1 Å². The van der Waals surface area contributed by atoms with E-state index in [-0.39, 0.29) is 12.0 Å². The number of nitrogens with two attached hydrogens (primary N) is 1. The maximum atomic E-state index is 12.5. The Balaban J connectivity index is 1.66. The quantitative estimate of drug-likeness (QED) is 0.766. The molecule has 2 aromatic heterocycles. The third-order valence-electron chi connectivity index (χ3n) is 4.39. The zero-order valence-electron chi connectivity index (χ0n) is 13.5. The van der Waals surface area contributed by atoms with Crippen LogP contribution in [0.15, 0.2) is 24.3 Å². The molecule has 24 heavy (non-hydrogen) atoms. The molecule has 0 saturated carbocycles. The molecule has 124 valence electrons. The number of aromatic nitrogens is 1.